The quantitative estimate of drug-likeness (QED) is 0.754. The summed E-state index contributed by atoms with van der Waals surface area (Å²) in [6, 6.07) is 4.62. The Balaban J connectivity index is 1.79. The van der Waals surface area contributed by atoms with Gasteiger partial charge in [-0.05, 0) is 23.6 Å². The van der Waals surface area contributed by atoms with Crippen molar-refractivity contribution < 1.29 is 23.9 Å². The summed E-state index contributed by atoms with van der Waals surface area (Å²) in [5.41, 5.74) is 0.259. The van der Waals surface area contributed by atoms with Gasteiger partial charge in [0.1, 0.15) is 4.88 Å². The van der Waals surface area contributed by atoms with E-state index in [0.717, 1.165) is 11.3 Å². The monoisotopic (exact) mass is 308 g/mol. The summed E-state index contributed by atoms with van der Waals surface area (Å²) >= 11 is 1.03. The van der Waals surface area contributed by atoms with Crippen LogP contribution >= 0.6 is 11.3 Å². The predicted molar refractivity (Wildman–Crippen MR) is 75.6 cm³/mol. The fourth-order valence-corrected chi connectivity index (χ4v) is 2.26. The van der Waals surface area contributed by atoms with Crippen molar-refractivity contribution in [3.05, 3.63) is 40.5 Å². The number of anilines is 1. The highest BCUT2D eigenvalue weighted by Crippen LogP contribution is 2.22. The molecule has 0 saturated carbocycles. The Morgan fingerprint density at radius 2 is 2.10 bits per heavy atom. The van der Waals surface area contributed by atoms with Gasteiger partial charge in [0.05, 0.1) is 12.0 Å². The van der Waals surface area contributed by atoms with E-state index in [0.29, 0.717) is 0 Å². The maximum atomic E-state index is 11.7. The summed E-state index contributed by atoms with van der Waals surface area (Å²) in [5, 5.41) is 15.5. The van der Waals surface area contributed by atoms with Gasteiger partial charge in [0.15, 0.2) is 5.76 Å². The van der Waals surface area contributed by atoms with Crippen LogP contribution in [0.25, 0.3) is 0 Å². The van der Waals surface area contributed by atoms with Gasteiger partial charge in [-0.25, -0.2) is 4.79 Å². The summed E-state index contributed by atoms with van der Waals surface area (Å²) < 4.78 is 4.90. The second-order valence-electron chi connectivity index (χ2n) is 4.00. The first-order chi connectivity index (χ1) is 10.1. The van der Waals surface area contributed by atoms with E-state index < -0.39 is 11.9 Å². The number of carboxylic acids is 1. The molecule has 0 aliphatic carbocycles. The first-order valence-electron chi connectivity index (χ1n) is 6.00. The molecule has 0 aliphatic heterocycles. The van der Waals surface area contributed by atoms with Crippen molar-refractivity contribution in [3.63, 3.8) is 0 Å². The lowest BCUT2D eigenvalue weighted by molar-refractivity contribution is -0.116. The highest BCUT2D eigenvalue weighted by molar-refractivity contribution is 7.12. The third-order valence-corrected chi connectivity index (χ3v) is 3.42. The van der Waals surface area contributed by atoms with Gasteiger partial charge >= 0.3 is 5.97 Å². The number of amides is 2. The minimum atomic E-state index is -1.09. The molecule has 2 rings (SSSR count). The van der Waals surface area contributed by atoms with Crippen molar-refractivity contribution in [2.75, 3.05) is 11.9 Å². The summed E-state index contributed by atoms with van der Waals surface area (Å²) in [7, 11) is 0. The van der Waals surface area contributed by atoms with E-state index in [9.17, 15) is 14.4 Å². The third-order valence-electron chi connectivity index (χ3n) is 2.52. The van der Waals surface area contributed by atoms with Gasteiger partial charge < -0.3 is 20.2 Å². The number of furan rings is 1. The predicted octanol–water partition coefficient (Wildman–Crippen LogP) is 1.80. The Labute approximate surface area is 123 Å². The maximum Gasteiger partial charge on any atom is 0.348 e. The molecule has 0 unspecified atom stereocenters. The molecule has 2 amide bonds. The largest absolute Gasteiger partial charge is 0.477 e. The summed E-state index contributed by atoms with van der Waals surface area (Å²) in [6.45, 7) is 0.123. The van der Waals surface area contributed by atoms with Crippen LogP contribution in [0.15, 0.2) is 34.3 Å². The lowest BCUT2D eigenvalue weighted by Gasteiger charge is -2.05. The Morgan fingerprint density at radius 3 is 2.76 bits per heavy atom. The van der Waals surface area contributed by atoms with E-state index >= 15 is 0 Å². The van der Waals surface area contributed by atoms with Crippen LogP contribution in [-0.2, 0) is 4.79 Å². The van der Waals surface area contributed by atoms with Gasteiger partial charge in [-0.2, -0.15) is 0 Å². The molecule has 0 atom stereocenters. The highest BCUT2D eigenvalue weighted by atomic mass is 32.1. The number of carboxylic acid groups (broad SMARTS) is 1. The Kier molecular flexibility index (Phi) is 4.72. The molecule has 8 heteroatoms. The molecule has 2 heterocycles. The van der Waals surface area contributed by atoms with Gasteiger partial charge in [0.25, 0.3) is 5.91 Å². The van der Waals surface area contributed by atoms with Crippen molar-refractivity contribution >= 4 is 34.8 Å². The second kappa shape index (κ2) is 6.71. The zero-order chi connectivity index (χ0) is 15.2. The summed E-state index contributed by atoms with van der Waals surface area (Å²) in [5.74, 6) is -1.71. The Bertz CT molecular complexity index is 647. The molecule has 0 bridgehead atoms. The van der Waals surface area contributed by atoms with E-state index in [1.54, 1.807) is 11.4 Å². The summed E-state index contributed by atoms with van der Waals surface area (Å²) in [6.07, 6.45) is 1.41. The van der Waals surface area contributed by atoms with Crippen LogP contribution in [0, 0.1) is 0 Å². The molecule has 7 nitrogen and oxygen atoms in total. The zero-order valence-electron chi connectivity index (χ0n) is 10.8. The number of nitrogens with one attached hydrogen (secondary N) is 2. The Hall–Kier alpha value is -2.61. The molecule has 3 N–H and O–H groups in total. The number of hydrogen-bond acceptors (Lipinski definition) is 5. The van der Waals surface area contributed by atoms with Crippen LogP contribution in [0.3, 0.4) is 0 Å². The fraction of sp³-hybridized carbons (Fsp3) is 0.154. The topological polar surface area (TPSA) is 109 Å². The van der Waals surface area contributed by atoms with Gasteiger partial charge in [0.2, 0.25) is 5.91 Å². The van der Waals surface area contributed by atoms with E-state index in [1.165, 1.54) is 18.4 Å². The molecule has 2 aromatic heterocycles. The number of rotatable bonds is 6. The molecule has 0 aliphatic rings. The van der Waals surface area contributed by atoms with E-state index in [1.807, 2.05) is 0 Å². The number of carbonyl (C=O) groups is 3. The average molecular weight is 308 g/mol. The van der Waals surface area contributed by atoms with E-state index in [2.05, 4.69) is 10.6 Å². The van der Waals surface area contributed by atoms with Gasteiger partial charge in [0, 0.05) is 13.0 Å². The van der Waals surface area contributed by atoms with Crippen LogP contribution in [0.1, 0.15) is 26.6 Å². The molecular weight excluding hydrogens is 296 g/mol. The van der Waals surface area contributed by atoms with Gasteiger partial charge in [-0.15, -0.1) is 11.3 Å². The van der Waals surface area contributed by atoms with Gasteiger partial charge in [-0.1, -0.05) is 0 Å². The van der Waals surface area contributed by atoms with Crippen molar-refractivity contribution in [2.24, 2.45) is 0 Å². The zero-order valence-corrected chi connectivity index (χ0v) is 11.6. The molecule has 2 aromatic rings. The number of thiophene rings is 1. The molecular formula is C13H12N2O5S. The molecule has 21 heavy (non-hydrogen) atoms. The van der Waals surface area contributed by atoms with Gasteiger partial charge in [-0.3, -0.25) is 9.59 Å². The number of aromatic carboxylic acids is 1. The number of hydrogen-bond donors (Lipinski definition) is 3. The van der Waals surface area contributed by atoms with Crippen LogP contribution < -0.4 is 10.6 Å². The van der Waals surface area contributed by atoms with Crippen molar-refractivity contribution in [3.8, 4) is 0 Å². The van der Waals surface area contributed by atoms with Crippen molar-refractivity contribution in [1.29, 1.82) is 0 Å². The van der Waals surface area contributed by atoms with Crippen molar-refractivity contribution in [2.45, 2.75) is 6.42 Å². The smallest absolute Gasteiger partial charge is 0.348 e. The molecule has 110 valence electrons. The molecule has 0 spiro atoms. The van der Waals surface area contributed by atoms with Crippen LogP contribution in [0.4, 0.5) is 5.69 Å². The highest BCUT2D eigenvalue weighted by Gasteiger charge is 2.14. The SMILES string of the molecule is O=C(CCNC(=O)c1ccco1)Nc1ccsc1C(=O)O. The molecule has 0 aromatic carbocycles. The maximum absolute atomic E-state index is 11.7. The van der Waals surface area contributed by atoms with E-state index in [4.69, 9.17) is 9.52 Å². The average Bonchev–Trinajstić information content (AvgIpc) is 3.09. The minimum Gasteiger partial charge on any atom is -0.477 e. The normalized spacial score (nSPS) is 10.1. The molecule has 0 saturated heterocycles. The van der Waals surface area contributed by atoms with Crippen LogP contribution in [0.5, 0.6) is 0 Å². The lowest BCUT2D eigenvalue weighted by atomic mass is 10.3. The van der Waals surface area contributed by atoms with E-state index in [-0.39, 0.29) is 35.2 Å². The molecule has 0 fully saturated rings. The minimum absolute atomic E-state index is 0.0291. The lowest BCUT2D eigenvalue weighted by Crippen LogP contribution is -2.27. The van der Waals surface area contributed by atoms with Crippen LogP contribution in [-0.4, -0.2) is 29.4 Å². The number of carbonyl (C=O) groups excluding carboxylic acids is 2. The first-order valence-corrected chi connectivity index (χ1v) is 6.88. The molecule has 0 radical (unpaired) electrons. The second-order valence-corrected chi connectivity index (χ2v) is 4.92. The fourth-order valence-electron chi connectivity index (χ4n) is 1.57. The van der Waals surface area contributed by atoms with Crippen LogP contribution in [0.2, 0.25) is 0 Å². The third kappa shape index (κ3) is 3.93. The first kappa shape index (κ1) is 14.8. The summed E-state index contributed by atoms with van der Waals surface area (Å²) in [4.78, 5) is 34.2. The standard InChI is InChI=1S/C13H12N2O5S/c16-10(15-8-4-7-21-11(8)13(18)19)3-5-14-12(17)9-2-1-6-20-9/h1-2,4,6-7H,3,5H2,(H,14,17)(H,15,16)(H,18,19). The Morgan fingerprint density at radius 1 is 1.29 bits per heavy atom. The van der Waals surface area contributed by atoms with Crippen molar-refractivity contribution in [1.82, 2.24) is 5.32 Å².